The van der Waals surface area contributed by atoms with E-state index in [4.69, 9.17) is 27.9 Å². The van der Waals surface area contributed by atoms with Gasteiger partial charge in [-0.3, -0.25) is 13.9 Å². The summed E-state index contributed by atoms with van der Waals surface area (Å²) in [5.74, 6) is -0.277. The summed E-state index contributed by atoms with van der Waals surface area (Å²) >= 11 is 12.4. The number of carbonyl (C=O) groups is 2. The number of halogens is 2. The van der Waals surface area contributed by atoms with Crippen LogP contribution in [0.15, 0.2) is 77.7 Å². The third kappa shape index (κ3) is 7.76. The highest BCUT2D eigenvalue weighted by molar-refractivity contribution is 7.92. The summed E-state index contributed by atoms with van der Waals surface area (Å²) in [6.45, 7) is 3.44. The highest BCUT2D eigenvalue weighted by Gasteiger charge is 2.33. The number of ether oxygens (including phenoxy) is 1. The van der Waals surface area contributed by atoms with E-state index < -0.39 is 28.5 Å². The van der Waals surface area contributed by atoms with Gasteiger partial charge in [-0.25, -0.2) is 8.42 Å². The zero-order valence-corrected chi connectivity index (χ0v) is 26.0. The van der Waals surface area contributed by atoms with Crippen LogP contribution in [0.5, 0.6) is 5.75 Å². The summed E-state index contributed by atoms with van der Waals surface area (Å²) < 4.78 is 34.4. The monoisotopic (exact) mass is 631 g/mol. The third-order valence-corrected chi connectivity index (χ3v) is 9.78. The highest BCUT2D eigenvalue weighted by Crippen LogP contribution is 2.28. The Morgan fingerprint density at radius 2 is 1.64 bits per heavy atom. The Morgan fingerprint density at radius 1 is 0.976 bits per heavy atom. The maximum atomic E-state index is 14.1. The van der Waals surface area contributed by atoms with Crippen molar-refractivity contribution in [2.24, 2.45) is 0 Å². The van der Waals surface area contributed by atoms with Gasteiger partial charge in [0.1, 0.15) is 18.3 Å². The highest BCUT2D eigenvalue weighted by atomic mass is 35.5. The number of carbonyl (C=O) groups excluding carboxylic acids is 2. The van der Waals surface area contributed by atoms with Gasteiger partial charge in [-0.15, -0.1) is 0 Å². The van der Waals surface area contributed by atoms with Crippen LogP contribution in [0, 0.1) is 0 Å². The molecule has 4 rings (SSSR count). The van der Waals surface area contributed by atoms with Crippen LogP contribution in [0.1, 0.15) is 45.1 Å². The number of hydrogen-bond donors (Lipinski definition) is 1. The average molecular weight is 633 g/mol. The van der Waals surface area contributed by atoms with Crippen LogP contribution in [-0.4, -0.2) is 50.4 Å². The lowest BCUT2D eigenvalue weighted by Crippen LogP contribution is -2.52. The van der Waals surface area contributed by atoms with Gasteiger partial charge in [0.15, 0.2) is 0 Å². The SMILES string of the molecule is CCOc1ccc(N(CC(=O)N(Cc2ccc(Cl)c(Cl)c2)[C@@H](C)C(=O)NC2CCCC2)S(=O)(=O)c2ccccc2)cc1. The summed E-state index contributed by atoms with van der Waals surface area (Å²) in [5.41, 5.74) is 0.935. The van der Waals surface area contributed by atoms with Crippen LogP contribution < -0.4 is 14.4 Å². The molecule has 1 atom stereocenters. The minimum atomic E-state index is -4.15. The molecule has 0 heterocycles. The molecular weight excluding hydrogens is 597 g/mol. The lowest BCUT2D eigenvalue weighted by molar-refractivity contribution is -0.139. The Bertz CT molecular complexity index is 1480. The fourth-order valence-electron chi connectivity index (χ4n) is 4.93. The molecule has 0 aromatic heterocycles. The van der Waals surface area contributed by atoms with Gasteiger partial charge in [-0.05, 0) is 80.8 Å². The minimum Gasteiger partial charge on any atom is -0.494 e. The van der Waals surface area contributed by atoms with Gasteiger partial charge < -0.3 is 15.0 Å². The van der Waals surface area contributed by atoms with Gasteiger partial charge in [0, 0.05) is 12.6 Å². The predicted octanol–water partition coefficient (Wildman–Crippen LogP) is 6.06. The fourth-order valence-corrected chi connectivity index (χ4v) is 6.69. The van der Waals surface area contributed by atoms with Gasteiger partial charge in [0.25, 0.3) is 10.0 Å². The normalized spacial score (nSPS) is 14.3. The van der Waals surface area contributed by atoms with Crippen molar-refractivity contribution in [3.8, 4) is 5.75 Å². The predicted molar refractivity (Wildman–Crippen MR) is 165 cm³/mol. The quantitative estimate of drug-likeness (QED) is 0.262. The van der Waals surface area contributed by atoms with Gasteiger partial charge in [0.05, 0.1) is 27.2 Å². The summed E-state index contributed by atoms with van der Waals surface area (Å²) in [7, 11) is -4.15. The van der Waals surface area contributed by atoms with E-state index in [-0.39, 0.29) is 29.1 Å². The molecule has 1 fully saturated rings. The van der Waals surface area contributed by atoms with E-state index in [9.17, 15) is 18.0 Å². The molecule has 0 bridgehead atoms. The minimum absolute atomic E-state index is 0.0253. The Kier molecular flexibility index (Phi) is 10.8. The molecule has 0 unspecified atom stereocenters. The number of nitrogens with zero attached hydrogens (tertiary/aromatic N) is 2. The van der Waals surface area contributed by atoms with E-state index in [1.807, 2.05) is 6.92 Å². The zero-order chi connectivity index (χ0) is 30.3. The van der Waals surface area contributed by atoms with Crippen molar-refractivity contribution in [1.29, 1.82) is 0 Å². The van der Waals surface area contributed by atoms with Crippen molar-refractivity contribution in [3.05, 3.63) is 88.4 Å². The van der Waals surface area contributed by atoms with Gasteiger partial charge >= 0.3 is 0 Å². The maximum Gasteiger partial charge on any atom is 0.264 e. The van der Waals surface area contributed by atoms with Crippen LogP contribution in [0.3, 0.4) is 0 Å². The molecule has 0 spiro atoms. The van der Waals surface area contributed by atoms with Gasteiger partial charge in [-0.1, -0.05) is 60.3 Å². The molecule has 1 aliphatic carbocycles. The van der Waals surface area contributed by atoms with Crippen molar-refractivity contribution >= 4 is 50.7 Å². The largest absolute Gasteiger partial charge is 0.494 e. The molecule has 1 N–H and O–H groups in total. The van der Waals surface area contributed by atoms with Crippen LogP contribution in [0.4, 0.5) is 5.69 Å². The molecule has 3 aromatic rings. The van der Waals surface area contributed by atoms with Gasteiger partial charge in [0.2, 0.25) is 11.8 Å². The standard InChI is InChI=1S/C31H35Cl2N3O5S/c1-3-41-26-16-14-25(15-17-26)36(42(39,40)27-11-5-4-6-12-27)21-30(37)35(20-23-13-18-28(32)29(33)19-23)22(2)31(38)34-24-9-7-8-10-24/h4-6,11-19,22,24H,3,7-10,20-21H2,1-2H3,(H,34,38)/t22-/m0/s1. The lowest BCUT2D eigenvalue weighted by Gasteiger charge is -2.32. The zero-order valence-electron chi connectivity index (χ0n) is 23.6. The first kappa shape index (κ1) is 31.7. The van der Waals surface area contributed by atoms with Crippen LogP contribution in [-0.2, 0) is 26.2 Å². The maximum absolute atomic E-state index is 14.1. The molecule has 8 nitrogen and oxygen atoms in total. The summed E-state index contributed by atoms with van der Waals surface area (Å²) in [6, 6.07) is 18.6. The van der Waals surface area contributed by atoms with Crippen molar-refractivity contribution in [2.75, 3.05) is 17.5 Å². The van der Waals surface area contributed by atoms with Gasteiger partial charge in [-0.2, -0.15) is 0 Å². The van der Waals surface area contributed by atoms with Crippen LogP contribution >= 0.6 is 23.2 Å². The number of hydrogen-bond acceptors (Lipinski definition) is 5. The van der Waals surface area contributed by atoms with Crippen LogP contribution in [0.25, 0.3) is 0 Å². The first-order valence-corrected chi connectivity index (χ1v) is 16.1. The molecule has 1 aliphatic rings. The number of amides is 2. The molecule has 3 aromatic carbocycles. The number of nitrogens with one attached hydrogen (secondary N) is 1. The molecule has 11 heteroatoms. The molecule has 0 saturated heterocycles. The van der Waals surface area contributed by atoms with Crippen LogP contribution in [0.2, 0.25) is 10.0 Å². The molecular formula is C31H35Cl2N3O5S. The van der Waals surface area contributed by atoms with Crippen molar-refractivity contribution in [1.82, 2.24) is 10.2 Å². The summed E-state index contributed by atoms with van der Waals surface area (Å²) in [6.07, 6.45) is 3.86. The molecule has 42 heavy (non-hydrogen) atoms. The van der Waals surface area contributed by atoms with E-state index >= 15 is 0 Å². The number of anilines is 1. The van der Waals surface area contributed by atoms with E-state index in [2.05, 4.69) is 5.32 Å². The second-order valence-electron chi connectivity index (χ2n) is 10.2. The first-order valence-electron chi connectivity index (χ1n) is 13.9. The first-order chi connectivity index (χ1) is 20.1. The second kappa shape index (κ2) is 14.3. The Morgan fingerprint density at radius 3 is 2.26 bits per heavy atom. The molecule has 224 valence electrons. The molecule has 1 saturated carbocycles. The summed E-state index contributed by atoms with van der Waals surface area (Å²) in [4.78, 5) is 28.8. The smallest absolute Gasteiger partial charge is 0.264 e. The van der Waals surface area contributed by atoms with E-state index in [1.165, 1.54) is 17.0 Å². The lowest BCUT2D eigenvalue weighted by atomic mass is 10.1. The third-order valence-electron chi connectivity index (χ3n) is 7.25. The van der Waals surface area contributed by atoms with Crippen molar-refractivity contribution in [3.63, 3.8) is 0 Å². The molecule has 2 amide bonds. The Labute approximate surface area is 257 Å². The number of benzene rings is 3. The molecule has 0 aliphatic heterocycles. The second-order valence-corrected chi connectivity index (χ2v) is 12.9. The van der Waals surface area contributed by atoms with E-state index in [0.717, 1.165) is 30.0 Å². The fraction of sp³-hybridized carbons (Fsp3) is 0.355. The number of rotatable bonds is 12. The Balaban J connectivity index is 1.68. The molecule has 0 radical (unpaired) electrons. The average Bonchev–Trinajstić information content (AvgIpc) is 3.50. The topological polar surface area (TPSA) is 96.0 Å². The van der Waals surface area contributed by atoms with Crippen molar-refractivity contribution < 1.29 is 22.7 Å². The Hall–Kier alpha value is -3.27. The number of sulfonamides is 1. The van der Waals surface area contributed by atoms with E-state index in [1.54, 1.807) is 67.6 Å². The van der Waals surface area contributed by atoms with E-state index in [0.29, 0.717) is 28.0 Å². The van der Waals surface area contributed by atoms with Crippen molar-refractivity contribution in [2.45, 2.75) is 63.1 Å². The summed E-state index contributed by atoms with van der Waals surface area (Å²) in [5, 5.41) is 3.73.